The van der Waals surface area contributed by atoms with Gasteiger partial charge in [-0.15, -0.1) is 0 Å². The van der Waals surface area contributed by atoms with E-state index in [0.29, 0.717) is 6.04 Å². The summed E-state index contributed by atoms with van der Waals surface area (Å²) in [5, 5.41) is 0. The first kappa shape index (κ1) is 15.5. The van der Waals surface area contributed by atoms with Crippen molar-refractivity contribution in [3.05, 3.63) is 35.4 Å². The van der Waals surface area contributed by atoms with Gasteiger partial charge in [0.05, 0.1) is 0 Å². The lowest BCUT2D eigenvalue weighted by Gasteiger charge is -2.33. The van der Waals surface area contributed by atoms with Crippen LogP contribution in [0.25, 0.3) is 0 Å². The van der Waals surface area contributed by atoms with E-state index in [4.69, 9.17) is 5.84 Å². The molecule has 3 N–H and O–H groups in total. The standard InChI is InChI=1S/C18H30N2/c1-3-15-8-11-17(12-9-15)18(20-19)13-10-16-6-4-14(2)5-7-16/h4-7,15,17-18,20H,3,8-13,19H2,1-2H3. The first-order chi connectivity index (χ1) is 9.72. The van der Waals surface area contributed by atoms with E-state index in [9.17, 15) is 0 Å². The summed E-state index contributed by atoms with van der Waals surface area (Å²) in [5.74, 6) is 7.54. The molecule has 0 saturated heterocycles. The fraction of sp³-hybridized carbons (Fsp3) is 0.667. The van der Waals surface area contributed by atoms with Crippen LogP contribution in [0.1, 0.15) is 56.6 Å². The molecule has 1 aliphatic carbocycles. The van der Waals surface area contributed by atoms with E-state index in [1.165, 1.54) is 43.2 Å². The van der Waals surface area contributed by atoms with Crippen LogP contribution in [0, 0.1) is 18.8 Å². The Balaban J connectivity index is 1.81. The van der Waals surface area contributed by atoms with Crippen LogP contribution in [0.2, 0.25) is 0 Å². The minimum Gasteiger partial charge on any atom is -0.271 e. The van der Waals surface area contributed by atoms with Crippen molar-refractivity contribution in [1.82, 2.24) is 5.43 Å². The molecule has 1 aliphatic rings. The fourth-order valence-corrected chi connectivity index (χ4v) is 3.53. The van der Waals surface area contributed by atoms with Crippen LogP contribution >= 0.6 is 0 Å². The summed E-state index contributed by atoms with van der Waals surface area (Å²) in [7, 11) is 0. The molecule has 0 radical (unpaired) electrons. The normalized spacial score (nSPS) is 24.6. The van der Waals surface area contributed by atoms with Gasteiger partial charge in [-0.3, -0.25) is 11.3 Å². The zero-order valence-corrected chi connectivity index (χ0v) is 13.1. The molecule has 0 heterocycles. The first-order valence-electron chi connectivity index (χ1n) is 8.24. The van der Waals surface area contributed by atoms with Crippen molar-refractivity contribution in [2.24, 2.45) is 17.7 Å². The molecule has 0 amide bonds. The van der Waals surface area contributed by atoms with Gasteiger partial charge in [0.25, 0.3) is 0 Å². The van der Waals surface area contributed by atoms with Crippen LogP contribution in [-0.2, 0) is 6.42 Å². The maximum atomic E-state index is 5.81. The molecule has 2 nitrogen and oxygen atoms in total. The summed E-state index contributed by atoms with van der Waals surface area (Å²) >= 11 is 0. The molecule has 0 aliphatic heterocycles. The third kappa shape index (κ3) is 4.32. The summed E-state index contributed by atoms with van der Waals surface area (Å²) in [6, 6.07) is 9.38. The molecule has 112 valence electrons. The van der Waals surface area contributed by atoms with Gasteiger partial charge >= 0.3 is 0 Å². The summed E-state index contributed by atoms with van der Waals surface area (Å²) in [4.78, 5) is 0. The van der Waals surface area contributed by atoms with Crippen molar-refractivity contribution >= 4 is 0 Å². The summed E-state index contributed by atoms with van der Waals surface area (Å²) in [6.07, 6.45) is 9.11. The van der Waals surface area contributed by atoms with Crippen LogP contribution in [0.3, 0.4) is 0 Å². The largest absolute Gasteiger partial charge is 0.271 e. The molecule has 2 heteroatoms. The lowest BCUT2D eigenvalue weighted by Crippen LogP contribution is -2.42. The predicted octanol–water partition coefficient (Wildman–Crippen LogP) is 3.98. The van der Waals surface area contributed by atoms with Crippen molar-refractivity contribution in [3.63, 3.8) is 0 Å². The van der Waals surface area contributed by atoms with Crippen LogP contribution in [0.4, 0.5) is 0 Å². The summed E-state index contributed by atoms with van der Waals surface area (Å²) in [6.45, 7) is 4.46. The molecular formula is C18H30N2. The predicted molar refractivity (Wildman–Crippen MR) is 86.4 cm³/mol. The smallest absolute Gasteiger partial charge is 0.0241 e. The van der Waals surface area contributed by atoms with Crippen molar-refractivity contribution in [2.45, 2.75) is 64.8 Å². The molecule has 1 aromatic rings. The van der Waals surface area contributed by atoms with Crippen LogP contribution < -0.4 is 11.3 Å². The summed E-state index contributed by atoms with van der Waals surface area (Å²) < 4.78 is 0. The van der Waals surface area contributed by atoms with Gasteiger partial charge < -0.3 is 0 Å². The molecule has 1 unspecified atom stereocenters. The van der Waals surface area contributed by atoms with E-state index in [-0.39, 0.29) is 0 Å². The Kier molecular flexibility index (Phi) is 6.06. The van der Waals surface area contributed by atoms with Gasteiger partial charge in [-0.1, -0.05) is 56.0 Å². The zero-order valence-electron chi connectivity index (χ0n) is 13.1. The van der Waals surface area contributed by atoms with E-state index in [1.54, 1.807) is 0 Å². The second-order valence-corrected chi connectivity index (χ2v) is 6.49. The number of hydrogen-bond donors (Lipinski definition) is 2. The van der Waals surface area contributed by atoms with E-state index in [2.05, 4.69) is 43.5 Å². The second-order valence-electron chi connectivity index (χ2n) is 6.49. The van der Waals surface area contributed by atoms with E-state index in [0.717, 1.165) is 24.7 Å². The highest BCUT2D eigenvalue weighted by atomic mass is 15.2. The first-order valence-corrected chi connectivity index (χ1v) is 8.24. The van der Waals surface area contributed by atoms with Crippen LogP contribution in [-0.4, -0.2) is 6.04 Å². The van der Waals surface area contributed by atoms with Gasteiger partial charge in [-0.2, -0.15) is 0 Å². The van der Waals surface area contributed by atoms with Crippen molar-refractivity contribution in [3.8, 4) is 0 Å². The molecule has 0 spiro atoms. The van der Waals surface area contributed by atoms with E-state index in [1.807, 2.05) is 0 Å². The topological polar surface area (TPSA) is 38.0 Å². The third-order valence-corrected chi connectivity index (χ3v) is 5.12. The third-order valence-electron chi connectivity index (χ3n) is 5.12. The number of aryl methyl sites for hydroxylation is 2. The van der Waals surface area contributed by atoms with Gasteiger partial charge in [-0.05, 0) is 50.0 Å². The van der Waals surface area contributed by atoms with Crippen molar-refractivity contribution in [1.29, 1.82) is 0 Å². The quantitative estimate of drug-likeness (QED) is 0.608. The molecule has 1 aromatic carbocycles. The highest BCUT2D eigenvalue weighted by Gasteiger charge is 2.26. The Morgan fingerprint density at radius 1 is 1.15 bits per heavy atom. The number of nitrogens with two attached hydrogens (primary N) is 1. The Labute approximate surface area is 124 Å². The van der Waals surface area contributed by atoms with E-state index < -0.39 is 0 Å². The highest BCUT2D eigenvalue weighted by molar-refractivity contribution is 5.21. The highest BCUT2D eigenvalue weighted by Crippen LogP contribution is 2.33. The van der Waals surface area contributed by atoms with Crippen molar-refractivity contribution < 1.29 is 0 Å². The minimum atomic E-state index is 0.481. The molecule has 1 fully saturated rings. The molecule has 1 atom stereocenters. The number of rotatable bonds is 6. The number of hydrogen-bond acceptors (Lipinski definition) is 2. The van der Waals surface area contributed by atoms with Gasteiger partial charge in [0, 0.05) is 6.04 Å². The molecule has 2 rings (SSSR count). The molecule has 0 aromatic heterocycles. The number of hydrazine groups is 1. The van der Waals surface area contributed by atoms with Gasteiger partial charge in [0.15, 0.2) is 0 Å². The Bertz CT molecular complexity index is 377. The van der Waals surface area contributed by atoms with Crippen LogP contribution in [0.15, 0.2) is 24.3 Å². The Morgan fingerprint density at radius 3 is 2.35 bits per heavy atom. The van der Waals surface area contributed by atoms with Gasteiger partial charge in [0.1, 0.15) is 0 Å². The maximum absolute atomic E-state index is 5.81. The number of benzene rings is 1. The van der Waals surface area contributed by atoms with Crippen LogP contribution in [0.5, 0.6) is 0 Å². The van der Waals surface area contributed by atoms with Gasteiger partial charge in [-0.25, -0.2) is 0 Å². The molecule has 20 heavy (non-hydrogen) atoms. The minimum absolute atomic E-state index is 0.481. The van der Waals surface area contributed by atoms with Gasteiger partial charge in [0.2, 0.25) is 0 Å². The molecule has 1 saturated carbocycles. The monoisotopic (exact) mass is 274 g/mol. The zero-order chi connectivity index (χ0) is 14.4. The molecule has 0 bridgehead atoms. The lowest BCUT2D eigenvalue weighted by atomic mass is 9.76. The maximum Gasteiger partial charge on any atom is 0.0241 e. The lowest BCUT2D eigenvalue weighted by molar-refractivity contribution is 0.212. The molecular weight excluding hydrogens is 244 g/mol. The number of nitrogens with one attached hydrogen (secondary N) is 1. The van der Waals surface area contributed by atoms with E-state index >= 15 is 0 Å². The summed E-state index contributed by atoms with van der Waals surface area (Å²) in [5.41, 5.74) is 5.85. The van der Waals surface area contributed by atoms with Crippen molar-refractivity contribution in [2.75, 3.05) is 0 Å². The average Bonchev–Trinajstić information content (AvgIpc) is 2.50. The average molecular weight is 274 g/mol. The Hall–Kier alpha value is -0.860. The fourth-order valence-electron chi connectivity index (χ4n) is 3.53. The Morgan fingerprint density at radius 2 is 1.80 bits per heavy atom. The second kappa shape index (κ2) is 7.80. The SMILES string of the molecule is CCC1CCC(C(CCc2ccc(C)cc2)NN)CC1.